The van der Waals surface area contributed by atoms with Crippen LogP contribution in [-0.2, 0) is 4.74 Å². The zero-order valence-electron chi connectivity index (χ0n) is 12.9. The molecule has 0 aliphatic heterocycles. The Labute approximate surface area is 114 Å². The molecule has 18 heavy (non-hydrogen) atoms. The van der Waals surface area contributed by atoms with Gasteiger partial charge in [-0.05, 0) is 56.5 Å². The predicted molar refractivity (Wildman–Crippen MR) is 78.8 cm³/mol. The molecule has 1 aliphatic rings. The second kappa shape index (κ2) is 8.92. The van der Waals surface area contributed by atoms with E-state index in [1.54, 1.807) is 0 Å². The summed E-state index contributed by atoms with van der Waals surface area (Å²) in [6.07, 6.45) is 5.54. The zero-order chi connectivity index (χ0) is 13.4. The summed E-state index contributed by atoms with van der Waals surface area (Å²) in [5, 5.41) is 3.64. The van der Waals surface area contributed by atoms with Crippen LogP contribution in [0.2, 0.25) is 0 Å². The zero-order valence-corrected chi connectivity index (χ0v) is 12.9. The number of nitrogens with one attached hydrogen (secondary N) is 1. The van der Waals surface area contributed by atoms with Crippen LogP contribution in [0, 0.1) is 23.7 Å². The van der Waals surface area contributed by atoms with Crippen LogP contribution in [0.1, 0.15) is 53.4 Å². The fourth-order valence-corrected chi connectivity index (χ4v) is 3.09. The first-order valence-electron chi connectivity index (χ1n) is 7.95. The van der Waals surface area contributed by atoms with E-state index < -0.39 is 0 Å². The van der Waals surface area contributed by atoms with E-state index in [0.29, 0.717) is 0 Å². The van der Waals surface area contributed by atoms with Crippen molar-refractivity contribution in [3.05, 3.63) is 0 Å². The van der Waals surface area contributed by atoms with Crippen LogP contribution in [0.3, 0.4) is 0 Å². The Bertz CT molecular complexity index is 205. The standard InChI is InChI=1S/C16H33NO/c1-5-14-7-8-15(11-17-10-13(3)4)16(9-14)12-18-6-2/h13-17H,5-12H2,1-4H3. The average Bonchev–Trinajstić information content (AvgIpc) is 2.36. The van der Waals surface area contributed by atoms with Crippen LogP contribution in [0.25, 0.3) is 0 Å². The molecule has 1 saturated carbocycles. The molecular weight excluding hydrogens is 222 g/mol. The monoisotopic (exact) mass is 255 g/mol. The molecule has 0 spiro atoms. The van der Waals surface area contributed by atoms with Crippen LogP contribution >= 0.6 is 0 Å². The molecule has 1 fully saturated rings. The van der Waals surface area contributed by atoms with Crippen LogP contribution < -0.4 is 5.32 Å². The number of hydrogen-bond acceptors (Lipinski definition) is 2. The van der Waals surface area contributed by atoms with Gasteiger partial charge in [0.15, 0.2) is 0 Å². The van der Waals surface area contributed by atoms with Gasteiger partial charge in [-0.25, -0.2) is 0 Å². The molecule has 1 N–H and O–H groups in total. The first kappa shape index (κ1) is 16.0. The SMILES string of the molecule is CCOCC1CC(CC)CCC1CNCC(C)C. The van der Waals surface area contributed by atoms with E-state index in [9.17, 15) is 0 Å². The molecule has 0 bridgehead atoms. The maximum absolute atomic E-state index is 5.70. The first-order chi connectivity index (χ1) is 8.67. The second-order valence-electron chi connectivity index (χ2n) is 6.32. The molecule has 0 radical (unpaired) electrons. The highest BCUT2D eigenvalue weighted by atomic mass is 16.5. The van der Waals surface area contributed by atoms with Crippen molar-refractivity contribution in [1.29, 1.82) is 0 Å². The smallest absolute Gasteiger partial charge is 0.0497 e. The van der Waals surface area contributed by atoms with Gasteiger partial charge in [0.25, 0.3) is 0 Å². The van der Waals surface area contributed by atoms with Crippen LogP contribution in [-0.4, -0.2) is 26.3 Å². The lowest BCUT2D eigenvalue weighted by Gasteiger charge is -2.36. The third-order valence-corrected chi connectivity index (χ3v) is 4.32. The summed E-state index contributed by atoms with van der Waals surface area (Å²) in [7, 11) is 0. The predicted octanol–water partition coefficient (Wildman–Crippen LogP) is 3.71. The van der Waals surface area contributed by atoms with E-state index in [-0.39, 0.29) is 0 Å². The van der Waals surface area contributed by atoms with Gasteiger partial charge in [0.2, 0.25) is 0 Å². The van der Waals surface area contributed by atoms with Crippen LogP contribution in [0.4, 0.5) is 0 Å². The largest absolute Gasteiger partial charge is 0.381 e. The van der Waals surface area contributed by atoms with E-state index >= 15 is 0 Å². The van der Waals surface area contributed by atoms with Crippen molar-refractivity contribution in [2.24, 2.45) is 23.7 Å². The van der Waals surface area contributed by atoms with Gasteiger partial charge < -0.3 is 10.1 Å². The molecule has 2 nitrogen and oxygen atoms in total. The summed E-state index contributed by atoms with van der Waals surface area (Å²) in [5.74, 6) is 3.31. The van der Waals surface area contributed by atoms with Crippen molar-refractivity contribution in [3.8, 4) is 0 Å². The number of hydrogen-bond donors (Lipinski definition) is 1. The van der Waals surface area contributed by atoms with E-state index in [4.69, 9.17) is 4.74 Å². The first-order valence-corrected chi connectivity index (χ1v) is 7.95. The summed E-state index contributed by atoms with van der Waals surface area (Å²) in [6, 6.07) is 0. The Morgan fingerprint density at radius 1 is 1.17 bits per heavy atom. The molecule has 1 rings (SSSR count). The summed E-state index contributed by atoms with van der Waals surface area (Å²) in [5.41, 5.74) is 0. The topological polar surface area (TPSA) is 21.3 Å². The maximum atomic E-state index is 5.70. The summed E-state index contributed by atoms with van der Waals surface area (Å²) in [4.78, 5) is 0. The van der Waals surface area contributed by atoms with Gasteiger partial charge in [-0.3, -0.25) is 0 Å². The number of ether oxygens (including phenoxy) is 1. The lowest BCUT2D eigenvalue weighted by Crippen LogP contribution is -2.36. The Kier molecular flexibility index (Phi) is 7.92. The maximum Gasteiger partial charge on any atom is 0.0497 e. The molecule has 0 saturated heterocycles. The molecule has 0 aromatic carbocycles. The molecule has 1 aliphatic carbocycles. The average molecular weight is 255 g/mol. The molecule has 0 aromatic rings. The summed E-state index contributed by atoms with van der Waals surface area (Å²) < 4.78 is 5.70. The minimum Gasteiger partial charge on any atom is -0.381 e. The van der Waals surface area contributed by atoms with Gasteiger partial charge in [0.1, 0.15) is 0 Å². The molecule has 2 heteroatoms. The fourth-order valence-electron chi connectivity index (χ4n) is 3.09. The summed E-state index contributed by atoms with van der Waals surface area (Å²) >= 11 is 0. The minimum atomic E-state index is 0.752. The quantitative estimate of drug-likeness (QED) is 0.714. The molecule has 0 heterocycles. The Morgan fingerprint density at radius 3 is 2.56 bits per heavy atom. The van der Waals surface area contributed by atoms with E-state index in [1.807, 2.05) is 0 Å². The highest BCUT2D eigenvalue weighted by Crippen LogP contribution is 2.35. The molecule has 108 valence electrons. The van der Waals surface area contributed by atoms with Crippen molar-refractivity contribution < 1.29 is 4.74 Å². The Morgan fingerprint density at radius 2 is 1.94 bits per heavy atom. The Hall–Kier alpha value is -0.0800. The molecular formula is C16H33NO. The Balaban J connectivity index is 2.36. The van der Waals surface area contributed by atoms with Gasteiger partial charge in [-0.2, -0.15) is 0 Å². The van der Waals surface area contributed by atoms with Crippen molar-refractivity contribution in [2.75, 3.05) is 26.3 Å². The minimum absolute atomic E-state index is 0.752. The summed E-state index contributed by atoms with van der Waals surface area (Å²) in [6.45, 7) is 13.2. The van der Waals surface area contributed by atoms with Gasteiger partial charge >= 0.3 is 0 Å². The lowest BCUT2D eigenvalue weighted by atomic mass is 9.73. The fraction of sp³-hybridized carbons (Fsp3) is 1.00. The van der Waals surface area contributed by atoms with Gasteiger partial charge in [0.05, 0.1) is 0 Å². The van der Waals surface area contributed by atoms with Crippen molar-refractivity contribution in [3.63, 3.8) is 0 Å². The molecule has 3 unspecified atom stereocenters. The van der Waals surface area contributed by atoms with Gasteiger partial charge in [0, 0.05) is 13.2 Å². The lowest BCUT2D eigenvalue weighted by molar-refractivity contribution is 0.0499. The van der Waals surface area contributed by atoms with E-state index in [1.165, 1.54) is 32.2 Å². The molecule has 0 amide bonds. The third kappa shape index (κ3) is 5.71. The highest BCUT2D eigenvalue weighted by Gasteiger charge is 2.29. The second-order valence-corrected chi connectivity index (χ2v) is 6.32. The molecule has 0 aromatic heterocycles. The highest BCUT2D eigenvalue weighted by molar-refractivity contribution is 4.81. The third-order valence-electron chi connectivity index (χ3n) is 4.32. The normalized spacial score (nSPS) is 28.8. The van der Waals surface area contributed by atoms with Crippen molar-refractivity contribution in [2.45, 2.75) is 53.4 Å². The van der Waals surface area contributed by atoms with Crippen LogP contribution in [0.15, 0.2) is 0 Å². The van der Waals surface area contributed by atoms with Crippen molar-refractivity contribution in [1.82, 2.24) is 5.32 Å². The molecule has 3 atom stereocenters. The van der Waals surface area contributed by atoms with E-state index in [0.717, 1.165) is 43.4 Å². The van der Waals surface area contributed by atoms with Crippen molar-refractivity contribution >= 4 is 0 Å². The van der Waals surface area contributed by atoms with Crippen LogP contribution in [0.5, 0.6) is 0 Å². The van der Waals surface area contributed by atoms with Gasteiger partial charge in [-0.1, -0.05) is 33.6 Å². The van der Waals surface area contributed by atoms with Gasteiger partial charge in [-0.15, -0.1) is 0 Å². The number of rotatable bonds is 8. The van der Waals surface area contributed by atoms with E-state index in [2.05, 4.69) is 33.0 Å².